The molecular weight excluding hydrogens is 284 g/mol. The van der Waals surface area contributed by atoms with Crippen LogP contribution in [0.2, 0.25) is 0 Å². The zero-order chi connectivity index (χ0) is 16.6. The van der Waals surface area contributed by atoms with Crippen LogP contribution in [0.1, 0.15) is 59.8 Å². The van der Waals surface area contributed by atoms with E-state index in [9.17, 15) is 9.90 Å². The standard InChI is InChI=1S/C21H28O2/c1-19(2)12-16-14(15-6-5-13(22)11-18(15)19)7-9-20(3)17(16)8-10-21(20,4)23/h7,9,11,16-17,23H,5-6,8,10,12H2,1-4H3/t16?,17?,20?,21-/m0/s1. The average molecular weight is 312 g/mol. The van der Waals surface area contributed by atoms with Gasteiger partial charge in [-0.25, -0.2) is 0 Å². The molecule has 1 N–H and O–H groups in total. The molecule has 3 unspecified atom stereocenters. The zero-order valence-electron chi connectivity index (χ0n) is 14.8. The summed E-state index contributed by atoms with van der Waals surface area (Å²) in [7, 11) is 0. The van der Waals surface area contributed by atoms with E-state index in [2.05, 4.69) is 32.9 Å². The van der Waals surface area contributed by atoms with Crippen molar-refractivity contribution in [1.29, 1.82) is 0 Å². The minimum absolute atomic E-state index is 0.0557. The van der Waals surface area contributed by atoms with Gasteiger partial charge in [0, 0.05) is 11.8 Å². The van der Waals surface area contributed by atoms with Crippen LogP contribution in [-0.2, 0) is 4.79 Å². The molecule has 1 fully saturated rings. The normalized spacial score (nSPS) is 44.6. The molecule has 2 heteroatoms. The second kappa shape index (κ2) is 4.47. The monoisotopic (exact) mass is 312 g/mol. The highest BCUT2D eigenvalue weighted by atomic mass is 16.3. The molecule has 23 heavy (non-hydrogen) atoms. The van der Waals surface area contributed by atoms with Gasteiger partial charge in [-0.3, -0.25) is 4.79 Å². The molecule has 0 aromatic rings. The predicted molar refractivity (Wildman–Crippen MR) is 91.8 cm³/mol. The van der Waals surface area contributed by atoms with Crippen LogP contribution >= 0.6 is 0 Å². The zero-order valence-corrected chi connectivity index (χ0v) is 14.8. The van der Waals surface area contributed by atoms with E-state index in [-0.39, 0.29) is 16.6 Å². The number of hydrogen-bond donors (Lipinski definition) is 1. The van der Waals surface area contributed by atoms with Gasteiger partial charge in [0.1, 0.15) is 0 Å². The first-order valence-electron chi connectivity index (χ1n) is 9.06. The summed E-state index contributed by atoms with van der Waals surface area (Å²) in [5.41, 5.74) is 3.49. The summed E-state index contributed by atoms with van der Waals surface area (Å²) in [6, 6.07) is 0. The summed E-state index contributed by atoms with van der Waals surface area (Å²) in [4.78, 5) is 11.9. The number of carbonyl (C=O) groups excluding carboxylic acids is 1. The predicted octanol–water partition coefficient (Wildman–Crippen LogP) is 4.36. The number of carbonyl (C=O) groups is 1. The lowest BCUT2D eigenvalue weighted by atomic mass is 9.54. The highest BCUT2D eigenvalue weighted by Gasteiger charge is 2.58. The summed E-state index contributed by atoms with van der Waals surface area (Å²) in [6.45, 7) is 8.83. The van der Waals surface area contributed by atoms with E-state index >= 15 is 0 Å². The van der Waals surface area contributed by atoms with Crippen molar-refractivity contribution in [3.05, 3.63) is 34.9 Å². The Hall–Kier alpha value is -1.15. The largest absolute Gasteiger partial charge is 0.389 e. The molecule has 0 bridgehead atoms. The van der Waals surface area contributed by atoms with Crippen LogP contribution in [-0.4, -0.2) is 16.5 Å². The third-order valence-corrected chi connectivity index (χ3v) is 7.43. The second-order valence-electron chi connectivity index (χ2n) is 9.19. The fourth-order valence-corrected chi connectivity index (χ4v) is 5.77. The number of ketones is 1. The summed E-state index contributed by atoms with van der Waals surface area (Å²) in [6.07, 6.45) is 11.1. The summed E-state index contributed by atoms with van der Waals surface area (Å²) < 4.78 is 0. The molecule has 4 aliphatic rings. The minimum atomic E-state index is -0.604. The maximum atomic E-state index is 11.9. The molecule has 0 aromatic heterocycles. The molecule has 4 rings (SSSR count). The molecule has 2 nitrogen and oxygen atoms in total. The van der Waals surface area contributed by atoms with Crippen molar-refractivity contribution in [2.45, 2.75) is 65.4 Å². The quantitative estimate of drug-likeness (QED) is 0.722. The lowest BCUT2D eigenvalue weighted by molar-refractivity contribution is -0.114. The first kappa shape index (κ1) is 15.4. The fraction of sp³-hybridized carbons (Fsp3) is 0.667. The molecule has 0 heterocycles. The van der Waals surface area contributed by atoms with Crippen LogP contribution in [0.4, 0.5) is 0 Å². The van der Waals surface area contributed by atoms with E-state index in [1.165, 1.54) is 16.7 Å². The number of aliphatic hydroxyl groups is 1. The van der Waals surface area contributed by atoms with E-state index in [0.717, 1.165) is 25.7 Å². The van der Waals surface area contributed by atoms with E-state index in [1.807, 2.05) is 13.0 Å². The van der Waals surface area contributed by atoms with Crippen LogP contribution in [0, 0.1) is 22.7 Å². The molecular formula is C21H28O2. The van der Waals surface area contributed by atoms with Crippen LogP contribution in [0.25, 0.3) is 0 Å². The van der Waals surface area contributed by atoms with Crippen molar-refractivity contribution in [2.24, 2.45) is 22.7 Å². The van der Waals surface area contributed by atoms with Crippen molar-refractivity contribution < 1.29 is 9.90 Å². The molecule has 4 atom stereocenters. The molecule has 0 aliphatic heterocycles. The highest BCUT2D eigenvalue weighted by molar-refractivity contribution is 5.93. The van der Waals surface area contributed by atoms with Gasteiger partial charge in [0.15, 0.2) is 5.78 Å². The van der Waals surface area contributed by atoms with Crippen LogP contribution in [0.3, 0.4) is 0 Å². The Morgan fingerprint density at radius 3 is 2.65 bits per heavy atom. The van der Waals surface area contributed by atoms with Crippen molar-refractivity contribution in [3.63, 3.8) is 0 Å². The van der Waals surface area contributed by atoms with Crippen LogP contribution < -0.4 is 0 Å². The van der Waals surface area contributed by atoms with Gasteiger partial charge in [-0.05, 0) is 72.7 Å². The maximum absolute atomic E-state index is 11.9. The van der Waals surface area contributed by atoms with Crippen molar-refractivity contribution in [3.8, 4) is 0 Å². The van der Waals surface area contributed by atoms with Gasteiger partial charge in [-0.1, -0.05) is 32.9 Å². The first-order valence-corrected chi connectivity index (χ1v) is 9.06. The van der Waals surface area contributed by atoms with Crippen molar-refractivity contribution >= 4 is 5.78 Å². The third-order valence-electron chi connectivity index (χ3n) is 7.43. The molecule has 124 valence electrons. The topological polar surface area (TPSA) is 37.3 Å². The number of allylic oxidation sites excluding steroid dienone is 5. The van der Waals surface area contributed by atoms with Gasteiger partial charge >= 0.3 is 0 Å². The van der Waals surface area contributed by atoms with E-state index < -0.39 is 5.60 Å². The highest BCUT2D eigenvalue weighted by Crippen LogP contribution is 2.63. The van der Waals surface area contributed by atoms with Gasteiger partial charge < -0.3 is 5.11 Å². The van der Waals surface area contributed by atoms with Crippen molar-refractivity contribution in [1.82, 2.24) is 0 Å². The second-order valence-corrected chi connectivity index (χ2v) is 9.19. The van der Waals surface area contributed by atoms with E-state index in [1.54, 1.807) is 0 Å². The minimum Gasteiger partial charge on any atom is -0.389 e. The molecule has 0 saturated heterocycles. The molecule has 0 radical (unpaired) electrons. The maximum Gasteiger partial charge on any atom is 0.156 e. The Kier molecular flexibility index (Phi) is 2.99. The Morgan fingerprint density at radius 2 is 1.91 bits per heavy atom. The average Bonchev–Trinajstić information content (AvgIpc) is 2.70. The molecule has 0 aromatic carbocycles. The SMILES string of the molecule is CC1(C)CC2C(=C3CCC(=O)C=C31)C=CC1(C)C2CC[C@]1(C)O. The number of hydrogen-bond acceptors (Lipinski definition) is 2. The van der Waals surface area contributed by atoms with E-state index in [4.69, 9.17) is 0 Å². The summed E-state index contributed by atoms with van der Waals surface area (Å²) in [5, 5.41) is 10.9. The Bertz CT molecular complexity index is 674. The first-order chi connectivity index (χ1) is 10.7. The number of rotatable bonds is 0. The smallest absolute Gasteiger partial charge is 0.156 e. The lowest BCUT2D eigenvalue weighted by Crippen LogP contribution is -2.47. The van der Waals surface area contributed by atoms with Crippen LogP contribution in [0.15, 0.2) is 34.9 Å². The summed E-state index contributed by atoms with van der Waals surface area (Å²) in [5.74, 6) is 1.32. The molecule has 0 amide bonds. The van der Waals surface area contributed by atoms with Crippen LogP contribution in [0.5, 0.6) is 0 Å². The summed E-state index contributed by atoms with van der Waals surface area (Å²) >= 11 is 0. The molecule has 4 aliphatic carbocycles. The van der Waals surface area contributed by atoms with Gasteiger partial charge in [0.05, 0.1) is 5.60 Å². The lowest BCUT2D eigenvalue weighted by Gasteiger charge is -2.51. The van der Waals surface area contributed by atoms with Gasteiger partial charge in [-0.15, -0.1) is 0 Å². The Labute approximate surface area is 139 Å². The van der Waals surface area contributed by atoms with E-state index in [0.29, 0.717) is 18.3 Å². The van der Waals surface area contributed by atoms with Gasteiger partial charge in [0.25, 0.3) is 0 Å². The molecule has 1 saturated carbocycles. The Balaban J connectivity index is 1.89. The fourth-order valence-electron chi connectivity index (χ4n) is 5.77. The number of fused-ring (bicyclic) bond motifs is 4. The van der Waals surface area contributed by atoms with Gasteiger partial charge in [-0.2, -0.15) is 0 Å². The van der Waals surface area contributed by atoms with Gasteiger partial charge in [0.2, 0.25) is 0 Å². The Morgan fingerprint density at radius 1 is 1.17 bits per heavy atom. The van der Waals surface area contributed by atoms with Crippen molar-refractivity contribution in [2.75, 3.05) is 0 Å². The molecule has 0 spiro atoms. The third kappa shape index (κ3) is 1.94.